The zero-order valence-electron chi connectivity index (χ0n) is 8.94. The maximum absolute atomic E-state index is 9.84. The lowest BCUT2D eigenvalue weighted by molar-refractivity contribution is 0.127. The Kier molecular flexibility index (Phi) is 2.03. The zero-order chi connectivity index (χ0) is 10.3. The van der Waals surface area contributed by atoms with Crippen molar-refractivity contribution >= 4 is 5.95 Å². The van der Waals surface area contributed by atoms with Crippen LogP contribution in [0.25, 0.3) is 0 Å². The molecule has 1 fully saturated rings. The van der Waals surface area contributed by atoms with Crippen LogP contribution in [0.5, 0.6) is 0 Å². The van der Waals surface area contributed by atoms with Crippen molar-refractivity contribution in [2.45, 2.75) is 31.9 Å². The van der Waals surface area contributed by atoms with Crippen molar-refractivity contribution in [3.05, 3.63) is 12.4 Å². The van der Waals surface area contributed by atoms with Crippen molar-refractivity contribution in [2.75, 3.05) is 11.4 Å². The number of anilines is 1. The predicted octanol–water partition coefficient (Wildman–Crippen LogP) is 0.770. The SMILES string of the molecule is Cn1ccnc1N1CCC(O)C1(C)C. The number of aryl methyl sites for hydroxylation is 1. The summed E-state index contributed by atoms with van der Waals surface area (Å²) in [7, 11) is 1.98. The number of aliphatic hydroxyl groups is 1. The second-order valence-corrected chi connectivity index (χ2v) is 4.45. The van der Waals surface area contributed by atoms with Crippen LogP contribution >= 0.6 is 0 Å². The van der Waals surface area contributed by atoms with E-state index in [2.05, 4.69) is 23.7 Å². The molecule has 1 aliphatic rings. The van der Waals surface area contributed by atoms with E-state index in [0.29, 0.717) is 0 Å². The van der Waals surface area contributed by atoms with Crippen molar-refractivity contribution in [1.82, 2.24) is 9.55 Å². The molecule has 0 aromatic carbocycles. The summed E-state index contributed by atoms with van der Waals surface area (Å²) in [6.45, 7) is 4.98. The topological polar surface area (TPSA) is 41.3 Å². The van der Waals surface area contributed by atoms with Crippen LogP contribution in [0.3, 0.4) is 0 Å². The van der Waals surface area contributed by atoms with Gasteiger partial charge in [0.15, 0.2) is 0 Å². The Morgan fingerprint density at radius 3 is 2.71 bits per heavy atom. The number of hydrogen-bond acceptors (Lipinski definition) is 3. The Bertz CT molecular complexity index is 332. The summed E-state index contributed by atoms with van der Waals surface area (Å²) >= 11 is 0. The van der Waals surface area contributed by atoms with Crippen LogP contribution in [-0.4, -0.2) is 32.8 Å². The summed E-state index contributed by atoms with van der Waals surface area (Å²) in [5, 5.41) is 9.84. The molecule has 0 amide bonds. The minimum atomic E-state index is -0.265. The van der Waals surface area contributed by atoms with Gasteiger partial charge in [-0.15, -0.1) is 0 Å². The van der Waals surface area contributed by atoms with Crippen LogP contribution in [-0.2, 0) is 7.05 Å². The van der Waals surface area contributed by atoms with Gasteiger partial charge in [-0.05, 0) is 20.3 Å². The van der Waals surface area contributed by atoms with E-state index in [9.17, 15) is 5.11 Å². The Labute approximate surface area is 84.2 Å². The quantitative estimate of drug-likeness (QED) is 0.719. The minimum absolute atomic E-state index is 0.209. The van der Waals surface area contributed by atoms with E-state index in [1.165, 1.54) is 0 Å². The van der Waals surface area contributed by atoms with E-state index in [1.54, 1.807) is 6.20 Å². The van der Waals surface area contributed by atoms with Gasteiger partial charge in [0.2, 0.25) is 5.95 Å². The molecule has 1 aromatic rings. The summed E-state index contributed by atoms with van der Waals surface area (Å²) in [5.74, 6) is 0.937. The van der Waals surface area contributed by atoms with Gasteiger partial charge in [0.25, 0.3) is 0 Å². The highest BCUT2D eigenvalue weighted by molar-refractivity contribution is 5.38. The first kappa shape index (κ1) is 9.52. The van der Waals surface area contributed by atoms with Crippen LogP contribution in [0.1, 0.15) is 20.3 Å². The Morgan fingerprint density at radius 2 is 2.29 bits per heavy atom. The smallest absolute Gasteiger partial charge is 0.205 e. The number of aromatic nitrogens is 2. The van der Waals surface area contributed by atoms with E-state index in [0.717, 1.165) is 18.9 Å². The molecule has 1 N–H and O–H groups in total. The lowest BCUT2D eigenvalue weighted by atomic mass is 9.99. The van der Waals surface area contributed by atoms with E-state index < -0.39 is 0 Å². The van der Waals surface area contributed by atoms with Gasteiger partial charge in [-0.1, -0.05) is 0 Å². The average Bonchev–Trinajstić information content (AvgIpc) is 2.60. The first-order chi connectivity index (χ1) is 6.53. The Balaban J connectivity index is 2.33. The maximum Gasteiger partial charge on any atom is 0.205 e. The molecule has 1 aromatic heterocycles. The first-order valence-corrected chi connectivity index (χ1v) is 4.96. The molecule has 0 saturated carbocycles. The fourth-order valence-electron chi connectivity index (χ4n) is 2.05. The zero-order valence-corrected chi connectivity index (χ0v) is 8.94. The fourth-order valence-corrected chi connectivity index (χ4v) is 2.05. The van der Waals surface area contributed by atoms with Crippen LogP contribution in [0.15, 0.2) is 12.4 Å². The van der Waals surface area contributed by atoms with Crippen molar-refractivity contribution in [2.24, 2.45) is 7.05 Å². The predicted molar refractivity (Wildman–Crippen MR) is 55.3 cm³/mol. The number of aliphatic hydroxyl groups excluding tert-OH is 1. The molecule has 2 heterocycles. The summed E-state index contributed by atoms with van der Waals surface area (Å²) in [6, 6.07) is 0. The maximum atomic E-state index is 9.84. The van der Waals surface area contributed by atoms with Gasteiger partial charge in [-0.2, -0.15) is 0 Å². The molecule has 4 heteroatoms. The molecular formula is C10H17N3O. The van der Waals surface area contributed by atoms with Gasteiger partial charge in [0, 0.05) is 26.0 Å². The molecule has 4 nitrogen and oxygen atoms in total. The number of hydrogen-bond donors (Lipinski definition) is 1. The normalized spacial score (nSPS) is 25.7. The standard InChI is InChI=1S/C10H17N3O/c1-10(2)8(14)4-6-13(10)9-11-5-7-12(9)3/h5,7-8,14H,4,6H2,1-3H3. The third-order valence-electron chi connectivity index (χ3n) is 3.17. The van der Waals surface area contributed by atoms with E-state index in [4.69, 9.17) is 0 Å². The average molecular weight is 195 g/mol. The van der Waals surface area contributed by atoms with Crippen molar-refractivity contribution in [3.63, 3.8) is 0 Å². The molecule has 1 aliphatic heterocycles. The highest BCUT2D eigenvalue weighted by Crippen LogP contribution is 2.32. The van der Waals surface area contributed by atoms with E-state index in [1.807, 2.05) is 17.8 Å². The highest BCUT2D eigenvalue weighted by Gasteiger charge is 2.41. The van der Waals surface area contributed by atoms with Gasteiger partial charge in [-0.3, -0.25) is 0 Å². The molecule has 2 rings (SSSR count). The molecule has 1 atom stereocenters. The van der Waals surface area contributed by atoms with Gasteiger partial charge in [0.1, 0.15) is 0 Å². The molecule has 0 radical (unpaired) electrons. The van der Waals surface area contributed by atoms with Gasteiger partial charge in [-0.25, -0.2) is 4.98 Å². The molecule has 78 valence electrons. The number of nitrogens with zero attached hydrogens (tertiary/aromatic N) is 3. The van der Waals surface area contributed by atoms with Gasteiger partial charge >= 0.3 is 0 Å². The summed E-state index contributed by atoms with van der Waals surface area (Å²) in [5.41, 5.74) is -0.209. The number of imidazole rings is 1. The number of rotatable bonds is 1. The molecule has 0 aliphatic carbocycles. The Hall–Kier alpha value is -1.03. The molecular weight excluding hydrogens is 178 g/mol. The monoisotopic (exact) mass is 195 g/mol. The van der Waals surface area contributed by atoms with Crippen molar-refractivity contribution in [1.29, 1.82) is 0 Å². The van der Waals surface area contributed by atoms with E-state index in [-0.39, 0.29) is 11.6 Å². The highest BCUT2D eigenvalue weighted by atomic mass is 16.3. The summed E-state index contributed by atoms with van der Waals surface area (Å²) in [6.07, 6.45) is 4.27. The molecule has 1 unspecified atom stereocenters. The van der Waals surface area contributed by atoms with Crippen LogP contribution < -0.4 is 4.90 Å². The molecule has 1 saturated heterocycles. The lowest BCUT2D eigenvalue weighted by Crippen LogP contribution is -2.46. The van der Waals surface area contributed by atoms with E-state index >= 15 is 0 Å². The van der Waals surface area contributed by atoms with Crippen LogP contribution in [0, 0.1) is 0 Å². The molecule has 0 spiro atoms. The lowest BCUT2D eigenvalue weighted by Gasteiger charge is -2.34. The largest absolute Gasteiger partial charge is 0.391 e. The van der Waals surface area contributed by atoms with Crippen molar-refractivity contribution in [3.8, 4) is 0 Å². The fraction of sp³-hybridized carbons (Fsp3) is 0.700. The summed E-state index contributed by atoms with van der Waals surface area (Å²) < 4.78 is 1.99. The van der Waals surface area contributed by atoms with Crippen molar-refractivity contribution < 1.29 is 5.11 Å². The van der Waals surface area contributed by atoms with Crippen LogP contribution in [0.2, 0.25) is 0 Å². The minimum Gasteiger partial charge on any atom is -0.391 e. The third kappa shape index (κ3) is 1.21. The van der Waals surface area contributed by atoms with Gasteiger partial charge in [0.05, 0.1) is 11.6 Å². The molecule has 14 heavy (non-hydrogen) atoms. The van der Waals surface area contributed by atoms with Crippen LogP contribution in [0.4, 0.5) is 5.95 Å². The van der Waals surface area contributed by atoms with Gasteiger partial charge < -0.3 is 14.6 Å². The summed E-state index contributed by atoms with van der Waals surface area (Å²) in [4.78, 5) is 6.47. The molecule has 0 bridgehead atoms. The second-order valence-electron chi connectivity index (χ2n) is 4.45. The second kappa shape index (κ2) is 2.98. The third-order valence-corrected chi connectivity index (χ3v) is 3.17. The Morgan fingerprint density at radius 1 is 1.57 bits per heavy atom. The first-order valence-electron chi connectivity index (χ1n) is 4.96.